The number of carbonyl (C=O) groups excluding carboxylic acids is 1. The second-order valence-electron chi connectivity index (χ2n) is 15.8. The average Bonchev–Trinajstić information content (AvgIpc) is 3.71. The van der Waals surface area contributed by atoms with Crippen LogP contribution in [0, 0.1) is 13.8 Å². The van der Waals surface area contributed by atoms with Crippen LogP contribution < -0.4 is 21.4 Å². The van der Waals surface area contributed by atoms with E-state index >= 15 is 0 Å². The van der Waals surface area contributed by atoms with Crippen LogP contribution in [0.25, 0.3) is 0 Å². The van der Waals surface area contributed by atoms with E-state index in [2.05, 4.69) is 4.98 Å². The molecule has 7 rings (SSSR count). The molecule has 0 radical (unpaired) electrons. The molecule has 302 valence electrons. The number of aromatic amines is 1. The molecule has 0 amide bonds. The predicted molar refractivity (Wildman–Crippen MR) is 218 cm³/mol. The van der Waals surface area contributed by atoms with Crippen molar-refractivity contribution in [3.8, 4) is 5.75 Å². The summed E-state index contributed by atoms with van der Waals surface area (Å²) in [6.07, 6.45) is -2.03. The van der Waals surface area contributed by atoms with Crippen molar-refractivity contribution in [3.05, 3.63) is 164 Å². The van der Waals surface area contributed by atoms with E-state index in [9.17, 15) is 14.4 Å². The van der Waals surface area contributed by atoms with E-state index in [1.807, 2.05) is 138 Å². The van der Waals surface area contributed by atoms with Gasteiger partial charge >= 0.3 is 19.0 Å². The third kappa shape index (κ3) is 8.26. The molecule has 0 bridgehead atoms. The number of aromatic nitrogens is 2. The zero-order valence-corrected chi connectivity index (χ0v) is 33.9. The Balaban J connectivity index is 1.15. The van der Waals surface area contributed by atoms with Crippen molar-refractivity contribution in [2.75, 3.05) is 13.7 Å². The minimum atomic E-state index is -1.15. The number of hydrogen-bond donors (Lipinski definition) is 1. The Morgan fingerprint density at radius 1 is 0.845 bits per heavy atom. The van der Waals surface area contributed by atoms with E-state index < -0.39 is 59.8 Å². The number of ether oxygens (including phenoxy) is 5. The number of aryl methyl sites for hydroxylation is 2. The molecule has 1 N–H and O–H groups in total. The minimum Gasteiger partial charge on any atom is -0.497 e. The molecule has 2 saturated heterocycles. The second kappa shape index (κ2) is 16.4. The number of nitrogens with one attached hydrogen (secondary N) is 1. The van der Waals surface area contributed by atoms with Gasteiger partial charge < -0.3 is 33.0 Å². The van der Waals surface area contributed by atoms with Gasteiger partial charge in [0.15, 0.2) is 0 Å². The van der Waals surface area contributed by atoms with Crippen LogP contribution in [0.15, 0.2) is 119 Å². The van der Waals surface area contributed by atoms with Gasteiger partial charge in [-0.1, -0.05) is 96.6 Å². The number of benzene rings is 4. The molecule has 13 heteroatoms. The van der Waals surface area contributed by atoms with Gasteiger partial charge in [0, 0.05) is 18.2 Å². The van der Waals surface area contributed by atoms with Crippen LogP contribution in [0.1, 0.15) is 73.7 Å². The molecule has 0 saturated carbocycles. The Bertz CT molecular complexity index is 2310. The number of nitrogens with zero attached hydrogens (tertiary/aromatic N) is 1. The van der Waals surface area contributed by atoms with Gasteiger partial charge in [-0.25, -0.2) is 9.59 Å². The molecule has 2 aliphatic rings. The van der Waals surface area contributed by atoms with E-state index in [4.69, 9.17) is 33.0 Å². The molecule has 1 aromatic heterocycles. The van der Waals surface area contributed by atoms with Crippen LogP contribution in [0.4, 0.5) is 4.79 Å². The summed E-state index contributed by atoms with van der Waals surface area (Å²) in [6.45, 7) is 11.5. The average molecular weight is 789 g/mol. The molecule has 5 aromatic rings. The van der Waals surface area contributed by atoms with E-state index in [0.717, 1.165) is 33.3 Å². The van der Waals surface area contributed by atoms with E-state index in [1.54, 1.807) is 14.0 Å². The summed E-state index contributed by atoms with van der Waals surface area (Å²) >= 11 is 0. The van der Waals surface area contributed by atoms with Crippen LogP contribution in [0.2, 0.25) is 0 Å². The normalized spacial score (nSPS) is 20.7. The molecule has 4 aromatic carbocycles. The number of H-pyrrole nitrogens is 1. The highest BCUT2D eigenvalue weighted by Crippen LogP contribution is 2.43. The molecule has 1 unspecified atom stereocenters. The number of hydrogen-bond acceptors (Lipinski definition) is 10. The maximum absolute atomic E-state index is 13.4. The molecular formula is C45H49BN2O10. The van der Waals surface area contributed by atoms with Crippen molar-refractivity contribution in [3.63, 3.8) is 0 Å². The lowest BCUT2D eigenvalue weighted by molar-refractivity contribution is -0.1000. The Morgan fingerprint density at radius 2 is 1.45 bits per heavy atom. The second-order valence-corrected chi connectivity index (χ2v) is 15.8. The fraction of sp³-hybridized carbons (Fsp3) is 0.356. The van der Waals surface area contributed by atoms with E-state index in [1.165, 1.54) is 10.8 Å². The Labute approximate surface area is 338 Å². The topological polar surface area (TPSA) is 137 Å². The molecule has 0 aliphatic carbocycles. The Morgan fingerprint density at radius 3 is 2.07 bits per heavy atom. The van der Waals surface area contributed by atoms with Crippen molar-refractivity contribution in [2.24, 2.45) is 0 Å². The largest absolute Gasteiger partial charge is 0.508 e. The first-order valence-corrected chi connectivity index (χ1v) is 19.4. The minimum absolute atomic E-state index is 0.0543. The molecule has 2 aliphatic heterocycles. The summed E-state index contributed by atoms with van der Waals surface area (Å²) in [6, 6.07) is 33.1. The van der Waals surface area contributed by atoms with Gasteiger partial charge in [-0.3, -0.25) is 14.3 Å². The van der Waals surface area contributed by atoms with Crippen LogP contribution in [-0.2, 0) is 40.5 Å². The van der Waals surface area contributed by atoms with Crippen molar-refractivity contribution >= 4 is 18.7 Å². The molecule has 2 fully saturated rings. The summed E-state index contributed by atoms with van der Waals surface area (Å²) in [5.41, 5.74) is 2.29. The number of carbonyl (C=O) groups is 1. The van der Waals surface area contributed by atoms with Crippen molar-refractivity contribution in [1.82, 2.24) is 9.55 Å². The molecule has 58 heavy (non-hydrogen) atoms. The zero-order chi connectivity index (χ0) is 41.2. The van der Waals surface area contributed by atoms with Gasteiger partial charge in [0.25, 0.3) is 5.56 Å². The summed E-state index contributed by atoms with van der Waals surface area (Å²) in [5, 5.41) is 0. The first-order chi connectivity index (χ1) is 27.7. The lowest BCUT2D eigenvalue weighted by Gasteiger charge is -2.37. The van der Waals surface area contributed by atoms with Gasteiger partial charge in [-0.2, -0.15) is 0 Å². The summed E-state index contributed by atoms with van der Waals surface area (Å²) in [5.74, 6) is 0.686. The first-order valence-electron chi connectivity index (χ1n) is 19.4. The van der Waals surface area contributed by atoms with Crippen LogP contribution in [-0.4, -0.2) is 60.0 Å². The highest BCUT2D eigenvalue weighted by molar-refractivity contribution is 6.62. The van der Waals surface area contributed by atoms with Crippen molar-refractivity contribution in [2.45, 2.75) is 89.8 Å². The van der Waals surface area contributed by atoms with Crippen molar-refractivity contribution < 1.29 is 37.8 Å². The van der Waals surface area contributed by atoms with Gasteiger partial charge in [-0.05, 0) is 81.4 Å². The van der Waals surface area contributed by atoms with Gasteiger partial charge in [-0.15, -0.1) is 0 Å². The summed E-state index contributed by atoms with van der Waals surface area (Å²) in [7, 11) is 1.09. The van der Waals surface area contributed by atoms with E-state index in [0.29, 0.717) is 11.3 Å². The third-order valence-corrected chi connectivity index (χ3v) is 11.3. The summed E-state index contributed by atoms with van der Waals surface area (Å²) < 4.78 is 44.3. The zero-order valence-electron chi connectivity index (χ0n) is 33.9. The highest BCUT2D eigenvalue weighted by atomic mass is 16.7. The molecule has 3 heterocycles. The smallest absolute Gasteiger partial charge is 0.497 e. The van der Waals surface area contributed by atoms with Crippen molar-refractivity contribution in [1.29, 1.82) is 0 Å². The van der Waals surface area contributed by atoms with Gasteiger partial charge in [0.2, 0.25) is 0 Å². The van der Waals surface area contributed by atoms with E-state index in [-0.39, 0.29) is 19.6 Å². The Kier molecular flexibility index (Phi) is 11.5. The number of methoxy groups -OCH3 is 1. The van der Waals surface area contributed by atoms with Crippen LogP contribution >= 0.6 is 0 Å². The maximum Gasteiger partial charge on any atom is 0.508 e. The predicted octanol–water partition coefficient (Wildman–Crippen LogP) is 6.48. The fourth-order valence-electron chi connectivity index (χ4n) is 7.24. The lowest BCUT2D eigenvalue weighted by atomic mass is 9.79. The molecule has 4 atom stereocenters. The van der Waals surface area contributed by atoms with Crippen LogP contribution in [0.3, 0.4) is 0 Å². The SMILES string of the molecule is COc1ccc(C(OC[C@H]2O[C@@H](n3cc(C)c(=O)[nH]c3=O)C[C@@H]2OC(=O)OCc2ccc(B3OC(C)(C)C(C)(C)O3)cc2)(c2ccccc2)c2ccc(C)cc2)cc1. The van der Waals surface area contributed by atoms with Gasteiger partial charge in [0.05, 0.1) is 24.9 Å². The lowest BCUT2D eigenvalue weighted by Crippen LogP contribution is -2.41. The molecular weight excluding hydrogens is 739 g/mol. The Hall–Kier alpha value is -5.47. The molecule has 12 nitrogen and oxygen atoms in total. The standard InChI is InChI=1S/C45H49BN2O10/c1-29-13-17-33(18-14-29)45(32-11-9-8-10-12-32,34-19-23-36(52-7)24-20-34)54-28-38-37(25-39(55-38)48-26-30(2)40(49)47-41(48)50)56-42(51)53-27-31-15-21-35(22-16-31)46-57-43(3,4)44(5,6)58-46/h8-24,26,37-39H,25,27-28H2,1-7H3,(H,47,49,50)/t37-,38+,39+,45?/m0/s1. The summed E-state index contributed by atoms with van der Waals surface area (Å²) in [4.78, 5) is 41.0. The van der Waals surface area contributed by atoms with Crippen LogP contribution in [0.5, 0.6) is 5.75 Å². The van der Waals surface area contributed by atoms with Gasteiger partial charge in [0.1, 0.15) is 36.4 Å². The molecule has 0 spiro atoms. The maximum atomic E-state index is 13.4. The quantitative estimate of drug-likeness (QED) is 0.0851. The third-order valence-electron chi connectivity index (χ3n) is 11.3. The highest BCUT2D eigenvalue weighted by Gasteiger charge is 2.51. The monoisotopic (exact) mass is 788 g/mol. The fourth-order valence-corrected chi connectivity index (χ4v) is 7.24. The number of rotatable bonds is 12. The first kappa shape index (κ1) is 40.7.